The molecule has 3 rings (SSSR count). The summed E-state index contributed by atoms with van der Waals surface area (Å²) in [6.07, 6.45) is 3.46. The van der Waals surface area contributed by atoms with Gasteiger partial charge in [0, 0.05) is 37.5 Å². The molecule has 1 aliphatic carbocycles. The van der Waals surface area contributed by atoms with E-state index >= 15 is 0 Å². The maximum atomic E-state index is 9.33. The first-order valence-corrected chi connectivity index (χ1v) is 9.44. The number of allylic oxidation sites excluding steroid dienone is 1. The molecule has 152 valence electrons. The van der Waals surface area contributed by atoms with Gasteiger partial charge < -0.3 is 30.9 Å². The summed E-state index contributed by atoms with van der Waals surface area (Å²) in [6, 6.07) is 5.32. The van der Waals surface area contributed by atoms with E-state index in [1.807, 2.05) is 11.0 Å². The number of amidine groups is 1. The topological polar surface area (TPSA) is 130 Å². The summed E-state index contributed by atoms with van der Waals surface area (Å²) in [5.41, 5.74) is 13.6. The normalized spacial score (nSPS) is 22.1. The zero-order valence-electron chi connectivity index (χ0n) is 16.4. The summed E-state index contributed by atoms with van der Waals surface area (Å²) < 4.78 is 11.5. The van der Waals surface area contributed by atoms with Gasteiger partial charge in [-0.15, -0.1) is 0 Å². The number of benzene rings is 1. The molecular formula is C20H29N5O3. The molecule has 1 atom stereocenters. The molecule has 8 heteroatoms. The Bertz CT molecular complexity index is 801. The van der Waals surface area contributed by atoms with E-state index in [-0.39, 0.29) is 29.7 Å². The molecule has 0 spiro atoms. The van der Waals surface area contributed by atoms with Crippen molar-refractivity contribution in [2.24, 2.45) is 10.7 Å². The molecule has 1 aliphatic heterocycles. The minimum atomic E-state index is -0.257. The highest BCUT2D eigenvalue weighted by molar-refractivity contribution is 6.15. The molecule has 0 bridgehead atoms. The Morgan fingerprint density at radius 1 is 1.50 bits per heavy atom. The van der Waals surface area contributed by atoms with Crippen molar-refractivity contribution < 1.29 is 14.6 Å². The van der Waals surface area contributed by atoms with Crippen LogP contribution in [-0.4, -0.2) is 66.6 Å². The molecule has 1 saturated heterocycles. The summed E-state index contributed by atoms with van der Waals surface area (Å²) in [7, 11) is 1.67. The predicted octanol–water partition coefficient (Wildman–Crippen LogP) is 1.13. The number of hydrogen-bond acceptors (Lipinski definition) is 7. The average molecular weight is 387 g/mol. The summed E-state index contributed by atoms with van der Waals surface area (Å²) in [6.45, 7) is 3.68. The lowest BCUT2D eigenvalue weighted by Gasteiger charge is -2.33. The van der Waals surface area contributed by atoms with Gasteiger partial charge in [0.25, 0.3) is 0 Å². The first-order valence-electron chi connectivity index (χ1n) is 9.44. The fourth-order valence-electron chi connectivity index (χ4n) is 3.08. The Kier molecular flexibility index (Phi) is 5.90. The highest BCUT2D eigenvalue weighted by Gasteiger charge is 2.40. The quantitative estimate of drug-likeness (QED) is 0.329. The van der Waals surface area contributed by atoms with Crippen molar-refractivity contribution >= 4 is 17.2 Å². The Hall–Kier alpha value is -2.58. The molecular weight excluding hydrogens is 358 g/mol. The van der Waals surface area contributed by atoms with Gasteiger partial charge in [-0.2, -0.15) is 0 Å². The molecule has 8 nitrogen and oxygen atoms in total. The van der Waals surface area contributed by atoms with Crippen molar-refractivity contribution in [2.45, 2.75) is 31.5 Å². The van der Waals surface area contributed by atoms with Crippen LogP contribution < -0.4 is 16.2 Å². The van der Waals surface area contributed by atoms with E-state index in [4.69, 9.17) is 26.4 Å². The van der Waals surface area contributed by atoms with Gasteiger partial charge >= 0.3 is 0 Å². The number of nitrogens with zero attached hydrogens (tertiary/aromatic N) is 2. The first kappa shape index (κ1) is 20.2. The van der Waals surface area contributed by atoms with E-state index < -0.39 is 0 Å². The van der Waals surface area contributed by atoms with Crippen LogP contribution in [0, 0.1) is 5.41 Å². The molecule has 1 aromatic carbocycles. The molecule has 2 fully saturated rings. The second kappa shape index (κ2) is 8.20. The molecule has 1 saturated carbocycles. The number of nitrogens with one attached hydrogen (secondary N) is 1. The zero-order valence-corrected chi connectivity index (χ0v) is 16.4. The number of aliphatic imine (C=N–C) groups is 1. The summed E-state index contributed by atoms with van der Waals surface area (Å²) >= 11 is 0. The molecule has 0 radical (unpaired) electrons. The lowest BCUT2D eigenvalue weighted by atomic mass is 10.0. The van der Waals surface area contributed by atoms with Crippen LogP contribution in [0.4, 0.5) is 5.69 Å². The lowest BCUT2D eigenvalue weighted by Crippen LogP contribution is -2.46. The summed E-state index contributed by atoms with van der Waals surface area (Å²) in [5, 5.41) is 17.8. The van der Waals surface area contributed by atoms with Gasteiger partial charge in [-0.1, -0.05) is 0 Å². The number of nitrogens with two attached hydrogens (primary N) is 2. The van der Waals surface area contributed by atoms with Gasteiger partial charge in [-0.05, 0) is 38.0 Å². The van der Waals surface area contributed by atoms with E-state index in [1.165, 1.54) is 0 Å². The monoisotopic (exact) mass is 387 g/mol. The highest BCUT2D eigenvalue weighted by Crippen LogP contribution is 2.40. The minimum Gasteiger partial charge on any atom is -0.488 e. The van der Waals surface area contributed by atoms with Crippen molar-refractivity contribution in [3.8, 4) is 5.75 Å². The number of aliphatic hydroxyl groups excluding tert-OH is 1. The zero-order chi connectivity index (χ0) is 20.3. The number of rotatable bonds is 6. The highest BCUT2D eigenvalue weighted by atomic mass is 16.5. The van der Waals surface area contributed by atoms with Crippen molar-refractivity contribution in [3.63, 3.8) is 0 Å². The van der Waals surface area contributed by atoms with Crippen LogP contribution in [0.1, 0.15) is 25.3 Å². The maximum absolute atomic E-state index is 9.33. The second-order valence-corrected chi connectivity index (χ2v) is 7.48. The molecule has 1 unspecified atom stereocenters. The third-order valence-corrected chi connectivity index (χ3v) is 5.08. The van der Waals surface area contributed by atoms with Crippen molar-refractivity contribution in [1.29, 1.82) is 5.41 Å². The second-order valence-electron chi connectivity index (χ2n) is 7.48. The molecule has 1 aromatic rings. The van der Waals surface area contributed by atoms with Gasteiger partial charge in [-0.25, -0.2) is 0 Å². The molecule has 28 heavy (non-hydrogen) atoms. The molecule has 0 amide bonds. The Labute approximate surface area is 165 Å². The third-order valence-electron chi connectivity index (χ3n) is 5.08. The standard InChI is InChI=1S/C20H29N5O3/c1-20(5-6-20)28-13-3-4-16(21)15(9-13)19(23)17(22)10-18(24-2)25-7-8-27-14(11-25)12-26/h3-4,9-10,14,23,26H,5-8,11-12,21-22H2,1-2H3. The Balaban J connectivity index is 1.78. The number of nitrogen functional groups attached to an aromatic ring is 1. The number of anilines is 1. The number of hydrogen-bond donors (Lipinski definition) is 4. The predicted molar refractivity (Wildman–Crippen MR) is 110 cm³/mol. The van der Waals surface area contributed by atoms with E-state index in [0.29, 0.717) is 42.5 Å². The van der Waals surface area contributed by atoms with E-state index in [2.05, 4.69) is 11.9 Å². The Morgan fingerprint density at radius 3 is 2.89 bits per heavy atom. The average Bonchev–Trinajstić information content (AvgIpc) is 3.43. The molecule has 0 aromatic heterocycles. The van der Waals surface area contributed by atoms with E-state index in [9.17, 15) is 5.11 Å². The number of aliphatic hydroxyl groups is 1. The van der Waals surface area contributed by atoms with Crippen LogP contribution in [-0.2, 0) is 4.74 Å². The van der Waals surface area contributed by atoms with E-state index in [1.54, 1.807) is 25.3 Å². The molecule has 1 heterocycles. The fraction of sp³-hybridized carbons (Fsp3) is 0.500. The smallest absolute Gasteiger partial charge is 0.125 e. The van der Waals surface area contributed by atoms with Gasteiger partial charge in [0.15, 0.2) is 0 Å². The number of ether oxygens (including phenoxy) is 2. The molecule has 6 N–H and O–H groups in total. The van der Waals surface area contributed by atoms with Crippen molar-refractivity contribution in [3.05, 3.63) is 35.5 Å². The van der Waals surface area contributed by atoms with Gasteiger partial charge in [0.2, 0.25) is 0 Å². The largest absolute Gasteiger partial charge is 0.488 e. The van der Waals surface area contributed by atoms with Crippen LogP contribution in [0.25, 0.3) is 0 Å². The minimum absolute atomic E-state index is 0.0508. The van der Waals surface area contributed by atoms with Gasteiger partial charge in [-0.3, -0.25) is 10.4 Å². The summed E-state index contributed by atoms with van der Waals surface area (Å²) in [5.74, 6) is 1.32. The van der Waals surface area contributed by atoms with Crippen molar-refractivity contribution in [2.75, 3.05) is 39.1 Å². The molecule has 2 aliphatic rings. The van der Waals surface area contributed by atoms with Crippen LogP contribution in [0.3, 0.4) is 0 Å². The van der Waals surface area contributed by atoms with Crippen LogP contribution in [0.2, 0.25) is 0 Å². The fourth-order valence-corrected chi connectivity index (χ4v) is 3.08. The SMILES string of the molecule is CN=C(C=C(N)C(=N)c1cc(OC2(C)CC2)ccc1N)N1CCOC(CO)C1. The van der Waals surface area contributed by atoms with Gasteiger partial charge in [0.05, 0.1) is 30.7 Å². The third kappa shape index (κ3) is 4.63. The van der Waals surface area contributed by atoms with Crippen LogP contribution in [0.5, 0.6) is 5.75 Å². The van der Waals surface area contributed by atoms with Crippen LogP contribution in [0.15, 0.2) is 35.0 Å². The first-order chi connectivity index (χ1) is 13.3. The van der Waals surface area contributed by atoms with Gasteiger partial charge in [0.1, 0.15) is 17.2 Å². The van der Waals surface area contributed by atoms with Crippen molar-refractivity contribution in [1.82, 2.24) is 4.90 Å². The summed E-state index contributed by atoms with van der Waals surface area (Å²) in [4.78, 5) is 6.28. The number of morpholine rings is 1. The van der Waals surface area contributed by atoms with E-state index in [0.717, 1.165) is 12.8 Å². The maximum Gasteiger partial charge on any atom is 0.125 e. The lowest BCUT2D eigenvalue weighted by molar-refractivity contribution is -0.0338. The van der Waals surface area contributed by atoms with Crippen LogP contribution >= 0.6 is 0 Å². The Morgan fingerprint density at radius 2 is 2.25 bits per heavy atom.